The number of alkyl halides is 1. The second-order valence-corrected chi connectivity index (χ2v) is 10.7. The lowest BCUT2D eigenvalue weighted by Gasteiger charge is -2.58. The van der Waals surface area contributed by atoms with Crippen molar-refractivity contribution in [3.05, 3.63) is 21.8 Å². The van der Waals surface area contributed by atoms with Gasteiger partial charge in [0.2, 0.25) is 0 Å². The van der Waals surface area contributed by atoms with Crippen LogP contribution in [0.2, 0.25) is 0 Å². The number of hydrogen-bond donors (Lipinski definition) is 1. The van der Waals surface area contributed by atoms with Gasteiger partial charge in [-0.1, -0.05) is 19.1 Å². The van der Waals surface area contributed by atoms with E-state index in [-0.39, 0.29) is 5.41 Å². The van der Waals surface area contributed by atoms with Gasteiger partial charge in [-0.25, -0.2) is 0 Å². The van der Waals surface area contributed by atoms with Crippen LogP contribution in [0, 0.1) is 35.0 Å². The number of allylic oxidation sites excluding steroid dienone is 1. The Labute approximate surface area is 169 Å². The van der Waals surface area contributed by atoms with E-state index in [1.165, 1.54) is 5.57 Å². The standard InChI is InChI=1S/C21H28ClIO2/c1-12(23)21(25)8-7-18-17-5-3-13-9-15(24)4-6-16(13)19(17)14(11-22)10-20(18,21)2/h9,14,16-19,25H,1,3-8,10-11H2,2H3/t14-,16+,17+,18+,19-,20+,21-/m1/s1. The Kier molecular flexibility index (Phi) is 4.69. The predicted octanol–water partition coefficient (Wildman–Crippen LogP) is 5.27. The third-order valence-electron chi connectivity index (χ3n) is 8.22. The van der Waals surface area contributed by atoms with E-state index < -0.39 is 5.60 Å². The zero-order chi connectivity index (χ0) is 18.0. The van der Waals surface area contributed by atoms with Gasteiger partial charge < -0.3 is 5.11 Å². The van der Waals surface area contributed by atoms with E-state index >= 15 is 0 Å². The van der Waals surface area contributed by atoms with E-state index in [1.54, 1.807) is 0 Å². The Morgan fingerprint density at radius 3 is 2.84 bits per heavy atom. The highest BCUT2D eigenvalue weighted by Crippen LogP contribution is 2.68. The molecule has 4 aliphatic rings. The van der Waals surface area contributed by atoms with Crippen LogP contribution in [-0.4, -0.2) is 22.4 Å². The second-order valence-electron chi connectivity index (χ2n) is 9.06. The summed E-state index contributed by atoms with van der Waals surface area (Å²) in [6, 6.07) is 0. The van der Waals surface area contributed by atoms with Crippen molar-refractivity contribution >= 4 is 40.0 Å². The summed E-state index contributed by atoms with van der Waals surface area (Å²) >= 11 is 8.73. The van der Waals surface area contributed by atoms with Gasteiger partial charge in [0.1, 0.15) is 5.60 Å². The number of hydrogen-bond acceptors (Lipinski definition) is 2. The van der Waals surface area contributed by atoms with E-state index in [0.29, 0.717) is 47.7 Å². The van der Waals surface area contributed by atoms with Gasteiger partial charge in [-0.05, 0) is 96.8 Å². The molecule has 0 radical (unpaired) electrons. The Morgan fingerprint density at radius 2 is 2.16 bits per heavy atom. The van der Waals surface area contributed by atoms with Gasteiger partial charge in [-0.15, -0.1) is 11.6 Å². The van der Waals surface area contributed by atoms with Crippen molar-refractivity contribution in [2.45, 2.75) is 57.5 Å². The van der Waals surface area contributed by atoms with Crippen LogP contribution in [0.1, 0.15) is 51.9 Å². The molecule has 0 aromatic carbocycles. The second kappa shape index (κ2) is 6.34. The van der Waals surface area contributed by atoms with E-state index in [1.807, 2.05) is 6.08 Å². The average molecular weight is 475 g/mol. The van der Waals surface area contributed by atoms with Crippen LogP contribution in [0.3, 0.4) is 0 Å². The highest BCUT2D eigenvalue weighted by atomic mass is 127. The van der Waals surface area contributed by atoms with Crippen molar-refractivity contribution in [2.75, 3.05) is 5.88 Å². The number of carbonyl (C=O) groups is 1. The average Bonchev–Trinajstić information content (AvgIpc) is 2.86. The summed E-state index contributed by atoms with van der Waals surface area (Å²) in [7, 11) is 0. The fourth-order valence-corrected chi connectivity index (χ4v) is 8.30. The SMILES string of the molecule is C=C(I)[C@]1(O)CC[C@H]2[C@@H]3CCC4=CC(=O)CC[C@@H]4[C@H]3[C@@H](CCl)C[C@@]21C. The Hall–Kier alpha value is 0.130. The molecule has 2 nitrogen and oxygen atoms in total. The summed E-state index contributed by atoms with van der Waals surface area (Å²) in [6.07, 6.45) is 8.77. The topological polar surface area (TPSA) is 37.3 Å². The summed E-state index contributed by atoms with van der Waals surface area (Å²) in [5.74, 6) is 3.70. The molecule has 4 rings (SSSR count). The number of halogens is 2. The van der Waals surface area contributed by atoms with Gasteiger partial charge in [0, 0.05) is 21.3 Å². The number of aliphatic hydroxyl groups is 1. The normalized spacial score (nSPS) is 49.0. The zero-order valence-corrected chi connectivity index (χ0v) is 17.9. The van der Waals surface area contributed by atoms with Crippen molar-refractivity contribution < 1.29 is 9.90 Å². The van der Waals surface area contributed by atoms with Crippen molar-refractivity contribution in [1.82, 2.24) is 0 Å². The Balaban J connectivity index is 1.73. The molecule has 0 aromatic heterocycles. The quantitative estimate of drug-likeness (QED) is 0.437. The number of carbonyl (C=O) groups excluding carboxylic acids is 1. The molecule has 0 aromatic rings. The molecule has 4 aliphatic carbocycles. The third kappa shape index (κ3) is 2.55. The molecule has 0 spiro atoms. The zero-order valence-electron chi connectivity index (χ0n) is 14.9. The molecule has 25 heavy (non-hydrogen) atoms. The summed E-state index contributed by atoms with van der Waals surface area (Å²) in [5.41, 5.74) is 0.520. The molecule has 7 atom stereocenters. The predicted molar refractivity (Wildman–Crippen MR) is 110 cm³/mol. The maximum atomic E-state index is 11.9. The van der Waals surface area contributed by atoms with Gasteiger partial charge in [0.05, 0.1) is 0 Å². The molecule has 138 valence electrons. The molecule has 0 aliphatic heterocycles. The van der Waals surface area contributed by atoms with Crippen LogP contribution in [-0.2, 0) is 4.79 Å². The van der Waals surface area contributed by atoms with Crippen molar-refractivity contribution in [3.63, 3.8) is 0 Å². The van der Waals surface area contributed by atoms with E-state index in [4.69, 9.17) is 11.6 Å². The minimum atomic E-state index is -0.758. The van der Waals surface area contributed by atoms with Crippen LogP contribution in [0.5, 0.6) is 0 Å². The third-order valence-corrected chi connectivity index (χ3v) is 9.51. The number of ketones is 1. The molecule has 0 saturated heterocycles. The van der Waals surface area contributed by atoms with Gasteiger partial charge in [0.15, 0.2) is 5.78 Å². The first-order valence-corrected chi connectivity index (χ1v) is 11.3. The highest BCUT2D eigenvalue weighted by molar-refractivity contribution is 14.1. The molecular weight excluding hydrogens is 447 g/mol. The largest absolute Gasteiger partial charge is 0.384 e. The first-order valence-electron chi connectivity index (χ1n) is 9.68. The first-order chi connectivity index (χ1) is 11.8. The molecular formula is C21H28ClIO2. The van der Waals surface area contributed by atoms with E-state index in [0.717, 1.165) is 42.1 Å². The fourth-order valence-electron chi connectivity index (χ4n) is 7.10. The van der Waals surface area contributed by atoms with E-state index in [9.17, 15) is 9.90 Å². The lowest BCUT2D eigenvalue weighted by molar-refractivity contribution is -0.120. The molecule has 3 fully saturated rings. The van der Waals surface area contributed by atoms with Crippen molar-refractivity contribution in [3.8, 4) is 0 Å². The highest BCUT2D eigenvalue weighted by Gasteiger charge is 2.64. The molecule has 0 amide bonds. The summed E-state index contributed by atoms with van der Waals surface area (Å²) in [4.78, 5) is 11.9. The van der Waals surface area contributed by atoms with Crippen LogP contribution in [0.25, 0.3) is 0 Å². The van der Waals surface area contributed by atoms with Crippen LogP contribution < -0.4 is 0 Å². The summed E-state index contributed by atoms with van der Waals surface area (Å²) < 4.78 is 0.890. The molecule has 4 heteroatoms. The summed E-state index contributed by atoms with van der Waals surface area (Å²) in [5, 5.41) is 11.5. The maximum Gasteiger partial charge on any atom is 0.155 e. The lowest BCUT2D eigenvalue weighted by Crippen LogP contribution is -2.56. The Bertz CT molecular complexity index is 644. The minimum absolute atomic E-state index is 0.113. The van der Waals surface area contributed by atoms with Crippen LogP contribution in [0.15, 0.2) is 21.8 Å². The Morgan fingerprint density at radius 1 is 1.40 bits per heavy atom. The lowest BCUT2D eigenvalue weighted by atomic mass is 9.47. The number of fused-ring (bicyclic) bond motifs is 5. The van der Waals surface area contributed by atoms with Gasteiger partial charge in [-0.2, -0.15) is 0 Å². The first kappa shape index (κ1) is 18.5. The van der Waals surface area contributed by atoms with E-state index in [2.05, 4.69) is 36.1 Å². The van der Waals surface area contributed by atoms with Gasteiger partial charge in [0.25, 0.3) is 0 Å². The number of rotatable bonds is 2. The molecule has 1 N–H and O–H groups in total. The van der Waals surface area contributed by atoms with Crippen LogP contribution >= 0.6 is 34.2 Å². The minimum Gasteiger partial charge on any atom is -0.384 e. The molecule has 3 saturated carbocycles. The maximum absolute atomic E-state index is 11.9. The monoisotopic (exact) mass is 474 g/mol. The summed E-state index contributed by atoms with van der Waals surface area (Å²) in [6.45, 7) is 6.42. The molecule has 0 unspecified atom stereocenters. The molecule has 0 heterocycles. The van der Waals surface area contributed by atoms with Gasteiger partial charge >= 0.3 is 0 Å². The van der Waals surface area contributed by atoms with Gasteiger partial charge in [-0.3, -0.25) is 4.79 Å². The van der Waals surface area contributed by atoms with Crippen molar-refractivity contribution in [2.24, 2.45) is 35.0 Å². The smallest absolute Gasteiger partial charge is 0.155 e. The van der Waals surface area contributed by atoms with Crippen LogP contribution in [0.4, 0.5) is 0 Å². The molecule has 0 bridgehead atoms. The van der Waals surface area contributed by atoms with Crippen molar-refractivity contribution in [1.29, 1.82) is 0 Å². The fraction of sp³-hybridized carbons (Fsp3) is 0.762.